The van der Waals surface area contributed by atoms with Gasteiger partial charge in [0.1, 0.15) is 12.4 Å². The van der Waals surface area contributed by atoms with Crippen molar-refractivity contribution >= 4 is 35.8 Å². The molecule has 0 aliphatic carbocycles. The zero-order chi connectivity index (χ0) is 17.2. The number of hydrogen-bond acceptors (Lipinski definition) is 2. The van der Waals surface area contributed by atoms with Crippen LogP contribution < -0.4 is 10.6 Å². The number of amides is 1. The summed E-state index contributed by atoms with van der Waals surface area (Å²) in [7, 11) is 0. The van der Waals surface area contributed by atoms with Crippen LogP contribution in [0.15, 0.2) is 29.3 Å². The van der Waals surface area contributed by atoms with E-state index in [1.54, 1.807) is 12.1 Å². The summed E-state index contributed by atoms with van der Waals surface area (Å²) in [5, 5.41) is 6.36. The van der Waals surface area contributed by atoms with Gasteiger partial charge in [0.2, 0.25) is 5.91 Å². The molecule has 1 heterocycles. The molecule has 0 atom stereocenters. The topological polar surface area (TPSA) is 56.7 Å². The largest absolute Gasteiger partial charge is 0.357 e. The smallest absolute Gasteiger partial charge is 0.244 e. The van der Waals surface area contributed by atoms with Crippen LogP contribution in [0, 0.1) is 5.82 Å². The second-order valence-electron chi connectivity index (χ2n) is 5.94. The van der Waals surface area contributed by atoms with Gasteiger partial charge in [0.25, 0.3) is 0 Å². The number of aliphatic imine (C=N–C) groups is 1. The van der Waals surface area contributed by atoms with Crippen molar-refractivity contribution in [1.29, 1.82) is 0 Å². The molecule has 0 bridgehead atoms. The van der Waals surface area contributed by atoms with Crippen molar-refractivity contribution in [3.63, 3.8) is 0 Å². The standard InChI is InChI=1S/C18H27FN4O.HI/c1-2-20-18(21-11-10-15-6-8-16(19)9-7-15)22-14-17(24)23-12-4-3-5-13-23;/h6-9H,2-5,10-14H2,1H3,(H2,20,21,22);1H. The molecule has 0 unspecified atom stereocenters. The van der Waals surface area contributed by atoms with Crippen LogP contribution in [-0.4, -0.2) is 49.5 Å². The predicted molar refractivity (Wildman–Crippen MR) is 110 cm³/mol. The lowest BCUT2D eigenvalue weighted by Crippen LogP contribution is -2.41. The first-order valence-corrected chi connectivity index (χ1v) is 8.73. The number of rotatable bonds is 6. The number of piperidine rings is 1. The van der Waals surface area contributed by atoms with Crippen molar-refractivity contribution in [1.82, 2.24) is 15.5 Å². The lowest BCUT2D eigenvalue weighted by atomic mass is 10.1. The van der Waals surface area contributed by atoms with E-state index in [1.807, 2.05) is 11.8 Å². The van der Waals surface area contributed by atoms with Crippen LogP contribution in [0.3, 0.4) is 0 Å². The van der Waals surface area contributed by atoms with Gasteiger partial charge >= 0.3 is 0 Å². The van der Waals surface area contributed by atoms with Gasteiger partial charge in [-0.25, -0.2) is 9.38 Å². The average molecular weight is 462 g/mol. The highest BCUT2D eigenvalue weighted by Crippen LogP contribution is 2.08. The van der Waals surface area contributed by atoms with Crippen LogP contribution in [0.2, 0.25) is 0 Å². The molecule has 140 valence electrons. The lowest BCUT2D eigenvalue weighted by Gasteiger charge is -2.26. The zero-order valence-corrected chi connectivity index (χ0v) is 17.1. The summed E-state index contributed by atoms with van der Waals surface area (Å²) in [4.78, 5) is 18.4. The summed E-state index contributed by atoms with van der Waals surface area (Å²) in [5.74, 6) is 0.508. The highest BCUT2D eigenvalue weighted by molar-refractivity contribution is 14.0. The Labute approximate surface area is 166 Å². The molecule has 7 heteroatoms. The molecule has 0 saturated carbocycles. The van der Waals surface area contributed by atoms with Crippen molar-refractivity contribution in [3.05, 3.63) is 35.6 Å². The summed E-state index contributed by atoms with van der Waals surface area (Å²) in [5.41, 5.74) is 1.06. The third-order valence-corrected chi connectivity index (χ3v) is 4.04. The van der Waals surface area contributed by atoms with Crippen molar-refractivity contribution in [2.24, 2.45) is 4.99 Å². The van der Waals surface area contributed by atoms with E-state index >= 15 is 0 Å². The first-order valence-electron chi connectivity index (χ1n) is 8.73. The normalized spacial score (nSPS) is 14.6. The molecular weight excluding hydrogens is 434 g/mol. The van der Waals surface area contributed by atoms with Crippen LogP contribution in [-0.2, 0) is 11.2 Å². The Morgan fingerprint density at radius 1 is 1.16 bits per heavy atom. The third-order valence-electron chi connectivity index (χ3n) is 4.04. The van der Waals surface area contributed by atoms with E-state index in [4.69, 9.17) is 0 Å². The highest BCUT2D eigenvalue weighted by atomic mass is 127. The van der Waals surface area contributed by atoms with Gasteiger partial charge in [0, 0.05) is 26.2 Å². The summed E-state index contributed by atoms with van der Waals surface area (Å²) >= 11 is 0. The van der Waals surface area contributed by atoms with Crippen LogP contribution in [0.1, 0.15) is 31.7 Å². The Bertz CT molecular complexity index is 545. The van der Waals surface area contributed by atoms with E-state index in [0.717, 1.165) is 44.5 Å². The van der Waals surface area contributed by atoms with Crippen molar-refractivity contribution < 1.29 is 9.18 Å². The van der Waals surface area contributed by atoms with E-state index in [2.05, 4.69) is 15.6 Å². The molecule has 2 rings (SSSR count). The summed E-state index contributed by atoms with van der Waals surface area (Å²) in [6, 6.07) is 6.49. The van der Waals surface area contributed by atoms with Crippen LogP contribution in [0.4, 0.5) is 4.39 Å². The number of nitrogens with one attached hydrogen (secondary N) is 2. The number of nitrogens with zero attached hydrogens (tertiary/aromatic N) is 2. The van der Waals surface area contributed by atoms with Crippen LogP contribution in [0.5, 0.6) is 0 Å². The molecule has 2 N–H and O–H groups in total. The van der Waals surface area contributed by atoms with Gasteiger partial charge in [-0.15, -0.1) is 24.0 Å². The number of carbonyl (C=O) groups is 1. The molecule has 1 aromatic carbocycles. The summed E-state index contributed by atoms with van der Waals surface area (Å²) < 4.78 is 12.9. The second-order valence-corrected chi connectivity index (χ2v) is 5.94. The molecule has 0 radical (unpaired) electrons. The zero-order valence-electron chi connectivity index (χ0n) is 14.8. The summed E-state index contributed by atoms with van der Waals surface area (Å²) in [6.07, 6.45) is 4.16. The fraction of sp³-hybridized carbons (Fsp3) is 0.556. The highest BCUT2D eigenvalue weighted by Gasteiger charge is 2.15. The molecule has 1 fully saturated rings. The Hall–Kier alpha value is -1.38. The van der Waals surface area contributed by atoms with E-state index in [1.165, 1.54) is 18.6 Å². The van der Waals surface area contributed by atoms with E-state index in [9.17, 15) is 9.18 Å². The number of likely N-dealkylation sites (tertiary alicyclic amines) is 1. The quantitative estimate of drug-likeness (QED) is 0.388. The molecule has 0 aromatic heterocycles. The minimum atomic E-state index is -0.224. The monoisotopic (exact) mass is 462 g/mol. The average Bonchev–Trinajstić information content (AvgIpc) is 2.62. The van der Waals surface area contributed by atoms with Crippen molar-refractivity contribution in [2.45, 2.75) is 32.6 Å². The van der Waals surface area contributed by atoms with Gasteiger partial charge in [-0.05, 0) is 50.3 Å². The van der Waals surface area contributed by atoms with Crippen molar-refractivity contribution in [2.75, 3.05) is 32.7 Å². The number of benzene rings is 1. The minimum Gasteiger partial charge on any atom is -0.357 e. The van der Waals surface area contributed by atoms with E-state index in [0.29, 0.717) is 12.5 Å². The number of guanidine groups is 1. The molecule has 5 nitrogen and oxygen atoms in total. The Morgan fingerprint density at radius 3 is 2.48 bits per heavy atom. The minimum absolute atomic E-state index is 0. The Kier molecular flexibility index (Phi) is 10.4. The third kappa shape index (κ3) is 8.02. The molecule has 1 saturated heterocycles. The SMILES string of the molecule is CCNC(=NCC(=O)N1CCCCC1)NCCc1ccc(F)cc1.I. The molecular formula is C18H28FIN4O. The Balaban J connectivity index is 0.00000312. The number of carbonyl (C=O) groups excluding carboxylic acids is 1. The van der Waals surface area contributed by atoms with Crippen molar-refractivity contribution in [3.8, 4) is 0 Å². The van der Waals surface area contributed by atoms with Gasteiger partial charge < -0.3 is 15.5 Å². The molecule has 1 amide bonds. The van der Waals surface area contributed by atoms with Crippen LogP contribution in [0.25, 0.3) is 0 Å². The van der Waals surface area contributed by atoms with Gasteiger partial charge in [0.15, 0.2) is 5.96 Å². The fourth-order valence-electron chi connectivity index (χ4n) is 2.71. The van der Waals surface area contributed by atoms with Gasteiger partial charge in [-0.2, -0.15) is 0 Å². The molecule has 0 spiro atoms. The number of halogens is 2. The summed E-state index contributed by atoms with van der Waals surface area (Å²) in [6.45, 7) is 5.27. The van der Waals surface area contributed by atoms with Crippen LogP contribution >= 0.6 is 24.0 Å². The maximum atomic E-state index is 12.9. The second kappa shape index (κ2) is 12.1. The van der Waals surface area contributed by atoms with Gasteiger partial charge in [-0.1, -0.05) is 12.1 Å². The van der Waals surface area contributed by atoms with E-state index < -0.39 is 0 Å². The molecule has 25 heavy (non-hydrogen) atoms. The first-order chi connectivity index (χ1) is 11.7. The molecule has 1 aliphatic heterocycles. The Morgan fingerprint density at radius 2 is 1.84 bits per heavy atom. The predicted octanol–water partition coefficient (Wildman–Crippen LogP) is 2.55. The van der Waals surface area contributed by atoms with E-state index in [-0.39, 0.29) is 42.2 Å². The fourth-order valence-corrected chi connectivity index (χ4v) is 2.71. The van der Waals surface area contributed by atoms with Gasteiger partial charge in [-0.3, -0.25) is 4.79 Å². The molecule has 1 aliphatic rings. The molecule has 1 aromatic rings. The first kappa shape index (κ1) is 21.7. The lowest BCUT2D eigenvalue weighted by molar-refractivity contribution is -0.130. The maximum absolute atomic E-state index is 12.9. The maximum Gasteiger partial charge on any atom is 0.244 e. The number of hydrogen-bond donors (Lipinski definition) is 2. The van der Waals surface area contributed by atoms with Gasteiger partial charge in [0.05, 0.1) is 0 Å².